The second kappa shape index (κ2) is 6.42. The molecule has 0 aromatic heterocycles. The van der Waals surface area contributed by atoms with Gasteiger partial charge in [0.2, 0.25) is 0 Å². The molecule has 0 aromatic carbocycles. The van der Waals surface area contributed by atoms with E-state index in [-0.39, 0.29) is 0 Å². The van der Waals surface area contributed by atoms with E-state index < -0.39 is 0 Å². The van der Waals surface area contributed by atoms with Gasteiger partial charge in [-0.1, -0.05) is 41.0 Å². The predicted octanol–water partition coefficient (Wildman–Crippen LogP) is 3.45. The third-order valence-corrected chi connectivity index (χ3v) is 2.78. The molecule has 1 unspecified atom stereocenters. The highest BCUT2D eigenvalue weighted by Crippen LogP contribution is 2.28. The van der Waals surface area contributed by atoms with Gasteiger partial charge in [0.1, 0.15) is 0 Å². The monoisotopic (exact) mass is 185 g/mol. The molecule has 0 aliphatic rings. The average molecular weight is 185 g/mol. The summed E-state index contributed by atoms with van der Waals surface area (Å²) < 4.78 is 0. The molecule has 1 atom stereocenters. The van der Waals surface area contributed by atoms with Gasteiger partial charge in [0.05, 0.1) is 0 Å². The maximum atomic E-state index is 3.48. The highest BCUT2D eigenvalue weighted by Gasteiger charge is 2.18. The summed E-state index contributed by atoms with van der Waals surface area (Å²) in [5.74, 6) is 0.807. The van der Waals surface area contributed by atoms with Crippen molar-refractivity contribution in [2.45, 2.75) is 53.9 Å². The van der Waals surface area contributed by atoms with Crippen LogP contribution in [0.2, 0.25) is 0 Å². The van der Waals surface area contributed by atoms with Gasteiger partial charge in [-0.15, -0.1) is 0 Å². The van der Waals surface area contributed by atoms with Crippen molar-refractivity contribution in [2.75, 3.05) is 13.1 Å². The molecule has 0 fully saturated rings. The topological polar surface area (TPSA) is 12.0 Å². The first-order chi connectivity index (χ1) is 6.02. The Balaban J connectivity index is 3.55. The van der Waals surface area contributed by atoms with Crippen LogP contribution >= 0.6 is 0 Å². The first kappa shape index (κ1) is 13.0. The van der Waals surface area contributed by atoms with Crippen LogP contribution in [0.4, 0.5) is 0 Å². The molecule has 0 aliphatic carbocycles. The minimum Gasteiger partial charge on any atom is -0.316 e. The Morgan fingerprint density at radius 3 is 2.31 bits per heavy atom. The van der Waals surface area contributed by atoms with E-state index in [1.54, 1.807) is 0 Å². The molecule has 0 saturated carbocycles. The third-order valence-electron chi connectivity index (χ3n) is 2.78. The summed E-state index contributed by atoms with van der Waals surface area (Å²) in [7, 11) is 0. The molecule has 0 aromatic rings. The van der Waals surface area contributed by atoms with Crippen LogP contribution in [0.25, 0.3) is 0 Å². The summed E-state index contributed by atoms with van der Waals surface area (Å²) in [6.45, 7) is 13.9. The average Bonchev–Trinajstić information content (AvgIpc) is 2.04. The van der Waals surface area contributed by atoms with Crippen LogP contribution in [-0.2, 0) is 0 Å². The van der Waals surface area contributed by atoms with Gasteiger partial charge >= 0.3 is 0 Å². The van der Waals surface area contributed by atoms with E-state index in [4.69, 9.17) is 0 Å². The molecular formula is C12H27N. The van der Waals surface area contributed by atoms with E-state index in [0.717, 1.165) is 12.5 Å². The Hall–Kier alpha value is -0.0400. The third kappa shape index (κ3) is 7.06. The number of hydrogen-bond donors (Lipinski definition) is 1. The summed E-state index contributed by atoms with van der Waals surface area (Å²) in [6, 6.07) is 0. The Labute approximate surface area is 84.3 Å². The molecule has 1 nitrogen and oxygen atoms in total. The van der Waals surface area contributed by atoms with Crippen LogP contribution in [0.1, 0.15) is 53.9 Å². The summed E-state index contributed by atoms with van der Waals surface area (Å²) in [5.41, 5.74) is 0.521. The molecule has 0 bridgehead atoms. The number of rotatable bonds is 7. The molecule has 0 radical (unpaired) electrons. The summed E-state index contributed by atoms with van der Waals surface area (Å²) in [5, 5.41) is 3.48. The lowest BCUT2D eigenvalue weighted by molar-refractivity contribution is 0.262. The molecule has 1 heteroatoms. The second-order valence-electron chi connectivity index (χ2n) is 5.03. The Morgan fingerprint density at radius 2 is 1.85 bits per heavy atom. The Kier molecular flexibility index (Phi) is 6.40. The van der Waals surface area contributed by atoms with Crippen LogP contribution in [0.15, 0.2) is 0 Å². The number of hydrogen-bond acceptors (Lipinski definition) is 1. The quantitative estimate of drug-likeness (QED) is 0.599. The lowest BCUT2D eigenvalue weighted by Crippen LogP contribution is -2.25. The van der Waals surface area contributed by atoms with Crippen LogP contribution in [0.5, 0.6) is 0 Å². The van der Waals surface area contributed by atoms with E-state index in [0.29, 0.717) is 5.41 Å². The van der Waals surface area contributed by atoms with E-state index in [9.17, 15) is 0 Å². The molecule has 0 spiro atoms. The van der Waals surface area contributed by atoms with E-state index >= 15 is 0 Å². The minimum absolute atomic E-state index is 0.521. The normalized spacial score (nSPS) is 14.5. The summed E-state index contributed by atoms with van der Waals surface area (Å²) in [6.07, 6.45) is 3.86. The van der Waals surface area contributed by atoms with Gasteiger partial charge in [-0.2, -0.15) is 0 Å². The molecule has 80 valence electrons. The summed E-state index contributed by atoms with van der Waals surface area (Å²) >= 11 is 0. The minimum atomic E-state index is 0.521. The van der Waals surface area contributed by atoms with Crippen molar-refractivity contribution in [3.63, 3.8) is 0 Å². The molecule has 1 N–H and O–H groups in total. The fourth-order valence-electron chi connectivity index (χ4n) is 1.69. The smallest absolute Gasteiger partial charge is 0.00230 e. The molecular weight excluding hydrogens is 158 g/mol. The van der Waals surface area contributed by atoms with Crippen molar-refractivity contribution in [3.8, 4) is 0 Å². The van der Waals surface area contributed by atoms with Crippen molar-refractivity contribution < 1.29 is 0 Å². The Morgan fingerprint density at radius 1 is 1.23 bits per heavy atom. The van der Waals surface area contributed by atoms with E-state index in [1.807, 2.05) is 0 Å². The molecule has 0 amide bonds. The fraction of sp³-hybridized carbons (Fsp3) is 1.00. The number of nitrogens with one attached hydrogen (secondary N) is 1. The maximum Gasteiger partial charge on any atom is -0.00230 e. The second-order valence-corrected chi connectivity index (χ2v) is 5.03. The standard InChI is InChI=1S/C12H27N/c1-6-8-13-10-11(3)9-12(4,5)7-2/h11,13H,6-10H2,1-5H3. The zero-order chi connectivity index (χ0) is 10.3. The van der Waals surface area contributed by atoms with Crippen LogP contribution in [0.3, 0.4) is 0 Å². The van der Waals surface area contributed by atoms with Gasteiger partial charge in [-0.05, 0) is 37.3 Å². The van der Waals surface area contributed by atoms with Crippen molar-refractivity contribution in [2.24, 2.45) is 11.3 Å². The van der Waals surface area contributed by atoms with E-state index in [1.165, 1.54) is 25.8 Å². The van der Waals surface area contributed by atoms with Crippen LogP contribution < -0.4 is 5.32 Å². The first-order valence-corrected chi connectivity index (χ1v) is 5.72. The molecule has 13 heavy (non-hydrogen) atoms. The highest BCUT2D eigenvalue weighted by molar-refractivity contribution is 4.71. The van der Waals surface area contributed by atoms with Gasteiger partial charge in [0.15, 0.2) is 0 Å². The van der Waals surface area contributed by atoms with Crippen molar-refractivity contribution >= 4 is 0 Å². The summed E-state index contributed by atoms with van der Waals surface area (Å²) in [4.78, 5) is 0. The lowest BCUT2D eigenvalue weighted by atomic mass is 9.81. The fourth-order valence-corrected chi connectivity index (χ4v) is 1.69. The van der Waals surface area contributed by atoms with Gasteiger partial charge in [-0.25, -0.2) is 0 Å². The first-order valence-electron chi connectivity index (χ1n) is 5.72. The predicted molar refractivity (Wildman–Crippen MR) is 61.0 cm³/mol. The van der Waals surface area contributed by atoms with Gasteiger partial charge in [0, 0.05) is 0 Å². The SMILES string of the molecule is CCCNCC(C)CC(C)(C)CC. The van der Waals surface area contributed by atoms with Crippen molar-refractivity contribution in [3.05, 3.63) is 0 Å². The zero-order valence-corrected chi connectivity index (χ0v) is 10.1. The molecule has 0 rings (SSSR count). The lowest BCUT2D eigenvalue weighted by Gasteiger charge is -2.26. The van der Waals surface area contributed by atoms with Gasteiger partial charge < -0.3 is 5.32 Å². The van der Waals surface area contributed by atoms with Crippen LogP contribution in [-0.4, -0.2) is 13.1 Å². The maximum absolute atomic E-state index is 3.48. The zero-order valence-electron chi connectivity index (χ0n) is 10.1. The molecule has 0 saturated heterocycles. The molecule has 0 heterocycles. The van der Waals surface area contributed by atoms with Gasteiger partial charge in [0.25, 0.3) is 0 Å². The van der Waals surface area contributed by atoms with Gasteiger partial charge in [-0.3, -0.25) is 0 Å². The van der Waals surface area contributed by atoms with Crippen molar-refractivity contribution in [1.29, 1.82) is 0 Å². The highest BCUT2D eigenvalue weighted by atomic mass is 14.8. The van der Waals surface area contributed by atoms with Crippen molar-refractivity contribution in [1.82, 2.24) is 5.32 Å². The largest absolute Gasteiger partial charge is 0.316 e. The Bertz CT molecular complexity index is 118. The van der Waals surface area contributed by atoms with E-state index in [2.05, 4.69) is 39.9 Å². The molecule has 0 aliphatic heterocycles. The van der Waals surface area contributed by atoms with Crippen LogP contribution in [0, 0.1) is 11.3 Å².